The zero-order valence-electron chi connectivity index (χ0n) is 49.0. The first-order valence-corrected chi connectivity index (χ1v) is 39.8. The molecular formula is C70H87Cl2SiZr. The summed E-state index contributed by atoms with van der Waals surface area (Å²) >= 11 is -5.85. The van der Waals surface area contributed by atoms with Crippen LogP contribution in [0.5, 0.6) is 0 Å². The Morgan fingerprint density at radius 2 is 0.811 bits per heavy atom. The van der Waals surface area contributed by atoms with Gasteiger partial charge in [0, 0.05) is 0 Å². The molecule has 0 fully saturated rings. The molecule has 4 heteroatoms. The van der Waals surface area contributed by atoms with Crippen LogP contribution in [0.25, 0.3) is 45.5 Å². The summed E-state index contributed by atoms with van der Waals surface area (Å²) in [5.41, 5.74) is 23.8. The van der Waals surface area contributed by atoms with E-state index in [-0.39, 0.29) is 39.7 Å². The first-order valence-electron chi connectivity index (χ1n) is 27.9. The molecule has 0 nitrogen and oxygen atoms in total. The monoisotopic (exact) mass is 1120 g/mol. The molecule has 6 aromatic rings. The van der Waals surface area contributed by atoms with Crippen LogP contribution in [0, 0.1) is 0 Å². The molecule has 0 saturated carbocycles. The van der Waals surface area contributed by atoms with E-state index < -0.39 is 25.9 Å². The number of hydrogen-bond acceptors (Lipinski definition) is 0. The third-order valence-electron chi connectivity index (χ3n) is 17.3. The molecule has 0 radical (unpaired) electrons. The Kier molecular flexibility index (Phi) is 13.7. The SMILES string of the molecule is CCC1=Cc2c(ccc(C(C)(C)C)c2-c2cc(C(C)(C)C)cc(C(C)(C)C)c2)[CH]1[Zr]([Cl])([Cl])([c]1cccc2c1[SiH2]c1ccccc1-2)[CH]1C(CC)=Cc2c1ccc(C(C)(C)C)c2-c1cc(C(C)(C)C)cc(C(C)(C)C)c1. The molecule has 0 spiro atoms. The Balaban J connectivity index is 1.42. The van der Waals surface area contributed by atoms with E-state index in [1.54, 1.807) is 0 Å². The van der Waals surface area contributed by atoms with Gasteiger partial charge >= 0.3 is 463 Å². The van der Waals surface area contributed by atoms with Gasteiger partial charge in [-0.15, -0.1) is 0 Å². The van der Waals surface area contributed by atoms with Crippen molar-refractivity contribution in [1.82, 2.24) is 0 Å². The predicted octanol–water partition coefficient (Wildman–Crippen LogP) is 18.6. The predicted molar refractivity (Wildman–Crippen MR) is 329 cm³/mol. The van der Waals surface area contributed by atoms with Crippen LogP contribution in [0.1, 0.15) is 214 Å². The number of benzene rings is 6. The van der Waals surface area contributed by atoms with Crippen LogP contribution in [-0.2, 0) is 48.9 Å². The van der Waals surface area contributed by atoms with Crippen LogP contribution in [0.2, 0.25) is 0 Å². The van der Waals surface area contributed by atoms with Crippen molar-refractivity contribution in [3.05, 3.63) is 170 Å². The summed E-state index contributed by atoms with van der Waals surface area (Å²) in [6.45, 7) is 47.3. The minimum absolute atomic E-state index is 0.0350. The van der Waals surface area contributed by atoms with Crippen molar-refractivity contribution in [2.45, 2.75) is 191 Å². The normalized spacial score (nSPS) is 17.9. The fourth-order valence-corrected chi connectivity index (χ4v) is 41.4. The van der Waals surface area contributed by atoms with Crippen LogP contribution < -0.4 is 13.6 Å². The van der Waals surface area contributed by atoms with Crippen molar-refractivity contribution in [3.8, 4) is 33.4 Å². The molecule has 6 aromatic carbocycles. The summed E-state index contributed by atoms with van der Waals surface area (Å²) in [6.07, 6.45) is 6.90. The third kappa shape index (κ3) is 9.26. The van der Waals surface area contributed by atoms with Gasteiger partial charge in [0.25, 0.3) is 0 Å². The van der Waals surface area contributed by atoms with E-state index in [9.17, 15) is 17.0 Å². The fraction of sp³-hybridized carbons (Fsp3) is 0.429. The molecule has 0 amide bonds. The van der Waals surface area contributed by atoms with Gasteiger partial charge in [-0.2, -0.15) is 0 Å². The van der Waals surface area contributed by atoms with Crippen LogP contribution >= 0.6 is 17.0 Å². The summed E-state index contributed by atoms with van der Waals surface area (Å²) in [5.74, 6) is 0. The number of halogens is 2. The number of rotatable bonds is 7. The van der Waals surface area contributed by atoms with Crippen LogP contribution in [0.3, 0.4) is 0 Å². The van der Waals surface area contributed by atoms with Crippen LogP contribution in [0.4, 0.5) is 0 Å². The van der Waals surface area contributed by atoms with Gasteiger partial charge in [0.2, 0.25) is 0 Å². The molecule has 2 atom stereocenters. The maximum absolute atomic E-state index is 9.67. The van der Waals surface area contributed by atoms with E-state index in [1.165, 1.54) is 114 Å². The number of hydrogen-bond donors (Lipinski definition) is 0. The van der Waals surface area contributed by atoms with Gasteiger partial charge in [-0.25, -0.2) is 0 Å². The Morgan fingerprint density at radius 3 is 1.18 bits per heavy atom. The van der Waals surface area contributed by atoms with E-state index >= 15 is 0 Å². The molecule has 3 aliphatic rings. The van der Waals surface area contributed by atoms with E-state index in [4.69, 9.17) is 0 Å². The number of allylic oxidation sites excluding steroid dienone is 2. The standard InChI is InChI=1S/2C29H39.C12H9Si.2ClH.Zr/c2*1-11-19-14-20-12-13-25(29(8,9)10)26(24(20)15-19)21-16-22(27(2,3)4)18-23(17-21)28(5,6)7;1-3-7-11-9(5-1)10-6-2-4-8-12(10)13-11;;;/h2*12-18H,11H2,1-10H3;1-7H,13H2;2*1H;/q;;;;;+2/p-2. The Labute approximate surface area is 459 Å². The van der Waals surface area contributed by atoms with E-state index in [2.05, 4.69) is 254 Å². The topological polar surface area (TPSA) is 0 Å². The van der Waals surface area contributed by atoms with Crippen molar-refractivity contribution in [2.75, 3.05) is 0 Å². The molecule has 0 aromatic heterocycles. The quantitative estimate of drug-likeness (QED) is 0.140. The summed E-state index contributed by atoms with van der Waals surface area (Å²) < 4.78 is 0.984. The maximum atomic E-state index is 9.67. The molecular weight excluding hydrogens is 1030 g/mol. The fourth-order valence-electron chi connectivity index (χ4n) is 13.1. The molecule has 0 bridgehead atoms. The van der Waals surface area contributed by atoms with Gasteiger partial charge in [-0.1, -0.05) is 0 Å². The molecule has 74 heavy (non-hydrogen) atoms. The average molecular weight is 1120 g/mol. The summed E-state index contributed by atoms with van der Waals surface area (Å²) in [5, 5.41) is 2.96. The molecule has 2 aliphatic carbocycles. The third-order valence-corrected chi connectivity index (χ3v) is 40.1. The van der Waals surface area contributed by atoms with Crippen LogP contribution in [-0.4, -0.2) is 9.52 Å². The van der Waals surface area contributed by atoms with Gasteiger partial charge in [-0.05, 0) is 0 Å². The molecule has 389 valence electrons. The zero-order chi connectivity index (χ0) is 54.3. The molecule has 0 N–H and O–H groups in total. The van der Waals surface area contributed by atoms with Crippen molar-refractivity contribution >= 4 is 52.3 Å². The first-order chi connectivity index (χ1) is 34.1. The van der Waals surface area contributed by atoms with Gasteiger partial charge in [-0.3, -0.25) is 0 Å². The van der Waals surface area contributed by atoms with Gasteiger partial charge in [0.05, 0.1) is 0 Å². The zero-order valence-corrected chi connectivity index (χ0v) is 54.4. The molecule has 9 rings (SSSR count). The van der Waals surface area contributed by atoms with Gasteiger partial charge < -0.3 is 0 Å². The first kappa shape index (κ1) is 55.2. The van der Waals surface area contributed by atoms with Crippen molar-refractivity contribution in [1.29, 1.82) is 0 Å². The van der Waals surface area contributed by atoms with Crippen LogP contribution in [0.15, 0.2) is 114 Å². The summed E-state index contributed by atoms with van der Waals surface area (Å²) in [6, 6.07) is 41.1. The summed E-state index contributed by atoms with van der Waals surface area (Å²) in [7, 11) is 18.4. The molecule has 0 saturated heterocycles. The second kappa shape index (κ2) is 18.3. The van der Waals surface area contributed by atoms with Crippen molar-refractivity contribution < 1.29 is 16.4 Å². The van der Waals surface area contributed by atoms with E-state index in [1.807, 2.05) is 0 Å². The summed E-state index contributed by atoms with van der Waals surface area (Å²) in [4.78, 5) is 0. The molecule has 1 aliphatic heterocycles. The van der Waals surface area contributed by atoms with Crippen molar-refractivity contribution in [2.24, 2.45) is 0 Å². The Bertz CT molecular complexity index is 3080. The second-order valence-electron chi connectivity index (χ2n) is 28.9. The van der Waals surface area contributed by atoms with E-state index in [0.29, 0.717) is 0 Å². The number of fused-ring (bicyclic) bond motifs is 5. The minimum atomic E-state index is -5.85. The average Bonchev–Trinajstić information content (AvgIpc) is 4.01. The van der Waals surface area contributed by atoms with E-state index in [0.717, 1.165) is 12.8 Å². The molecule has 2 unspecified atom stereocenters. The Hall–Kier alpha value is -3.52. The Morgan fingerprint density at radius 1 is 0.432 bits per heavy atom. The molecule has 1 heterocycles. The van der Waals surface area contributed by atoms with Gasteiger partial charge in [0.1, 0.15) is 0 Å². The van der Waals surface area contributed by atoms with Crippen molar-refractivity contribution in [3.63, 3.8) is 0 Å². The van der Waals surface area contributed by atoms with Gasteiger partial charge in [0.15, 0.2) is 0 Å². The second-order valence-corrected chi connectivity index (χ2v) is 51.3.